The number of benzene rings is 1. The summed E-state index contributed by atoms with van der Waals surface area (Å²) in [5.74, 6) is -4.23. The highest BCUT2D eigenvalue weighted by molar-refractivity contribution is 6.05. The van der Waals surface area contributed by atoms with Gasteiger partial charge in [-0.1, -0.05) is 0 Å². The fourth-order valence-electron chi connectivity index (χ4n) is 4.26. The molecule has 4 rings (SSSR count). The first-order chi connectivity index (χ1) is 17.0. The lowest BCUT2D eigenvalue weighted by atomic mass is 9.81. The van der Waals surface area contributed by atoms with E-state index in [1.807, 2.05) is 0 Å². The van der Waals surface area contributed by atoms with Crippen LogP contribution < -0.4 is 10.6 Å². The minimum absolute atomic E-state index is 0.173. The molecule has 1 aliphatic heterocycles. The molecular weight excluding hydrogens is 491 g/mol. The molecule has 2 unspecified atom stereocenters. The molecule has 2 aliphatic rings. The fraction of sp³-hybridized carbons (Fsp3) is 0.500. The Kier molecular flexibility index (Phi) is 7.07. The predicted octanol–water partition coefficient (Wildman–Crippen LogP) is 3.88. The van der Waals surface area contributed by atoms with E-state index in [0.717, 1.165) is 0 Å². The molecule has 2 heterocycles. The second-order valence-corrected chi connectivity index (χ2v) is 8.89. The van der Waals surface area contributed by atoms with Gasteiger partial charge in [-0.25, -0.2) is 13.8 Å². The topological polar surface area (TPSA) is 121 Å². The molecule has 36 heavy (non-hydrogen) atoms. The molecule has 194 valence electrons. The van der Waals surface area contributed by atoms with Crippen molar-refractivity contribution in [3.8, 4) is 0 Å². The number of alkyl halides is 3. The Hall–Kier alpha value is -3.42. The summed E-state index contributed by atoms with van der Waals surface area (Å²) < 4.78 is 68.6. The van der Waals surface area contributed by atoms with Crippen molar-refractivity contribution in [2.75, 3.05) is 5.32 Å². The maximum atomic E-state index is 13.9. The van der Waals surface area contributed by atoms with E-state index >= 15 is 0 Å². The zero-order chi connectivity index (χ0) is 26.1. The molecule has 1 fully saturated rings. The van der Waals surface area contributed by atoms with Crippen molar-refractivity contribution >= 4 is 17.5 Å². The summed E-state index contributed by atoms with van der Waals surface area (Å²) in [7, 11) is 0. The minimum Gasteiger partial charge on any atom is -0.380 e. The molecular formula is C22H23F5N6O3. The number of carbonyl (C=O) groups excluding carboxylic acids is 2. The number of halogens is 5. The van der Waals surface area contributed by atoms with Crippen LogP contribution >= 0.6 is 0 Å². The number of nitrogens with one attached hydrogen (secondary N) is 2. The van der Waals surface area contributed by atoms with Gasteiger partial charge >= 0.3 is 6.18 Å². The first kappa shape index (κ1) is 25.7. The van der Waals surface area contributed by atoms with Gasteiger partial charge in [0.1, 0.15) is 12.2 Å². The van der Waals surface area contributed by atoms with Gasteiger partial charge in [-0.05, 0) is 44.6 Å². The fourth-order valence-corrected chi connectivity index (χ4v) is 4.26. The Bertz CT molecular complexity index is 1150. The molecule has 0 saturated heterocycles. The van der Waals surface area contributed by atoms with Gasteiger partial charge in [0, 0.05) is 24.5 Å². The highest BCUT2D eigenvalue weighted by atomic mass is 19.4. The maximum Gasteiger partial charge on any atom is 0.417 e. The van der Waals surface area contributed by atoms with Crippen LogP contribution in [0.5, 0.6) is 0 Å². The lowest BCUT2D eigenvalue weighted by molar-refractivity contribution is -0.270. The van der Waals surface area contributed by atoms with Gasteiger partial charge < -0.3 is 20.3 Å². The van der Waals surface area contributed by atoms with Gasteiger partial charge in [0.15, 0.2) is 17.2 Å². The second kappa shape index (κ2) is 9.91. The number of hydrogen-bond acceptors (Lipinski definition) is 6. The van der Waals surface area contributed by atoms with Crippen molar-refractivity contribution in [1.82, 2.24) is 14.9 Å². The Morgan fingerprint density at radius 3 is 2.33 bits per heavy atom. The van der Waals surface area contributed by atoms with Crippen LogP contribution in [0.3, 0.4) is 0 Å². The number of aromatic nitrogens is 2. The van der Waals surface area contributed by atoms with Gasteiger partial charge in [0.05, 0.1) is 17.6 Å². The molecule has 2 amide bonds. The maximum absolute atomic E-state index is 13.9. The van der Waals surface area contributed by atoms with Crippen LogP contribution in [0.4, 0.5) is 27.6 Å². The average molecular weight is 514 g/mol. The molecule has 9 nitrogen and oxygen atoms in total. The summed E-state index contributed by atoms with van der Waals surface area (Å²) in [4.78, 5) is 29.4. The van der Waals surface area contributed by atoms with E-state index in [4.69, 9.17) is 0 Å². The number of amides is 2. The normalized spacial score (nSPS) is 26.4. The largest absolute Gasteiger partial charge is 0.417 e. The average Bonchev–Trinajstić information content (AvgIpc) is 3.37. The summed E-state index contributed by atoms with van der Waals surface area (Å²) in [6.45, 7) is 0. The van der Waals surface area contributed by atoms with Crippen LogP contribution in [0, 0.1) is 11.6 Å². The van der Waals surface area contributed by atoms with E-state index < -0.39 is 65.7 Å². The van der Waals surface area contributed by atoms with Crippen molar-refractivity contribution in [3.63, 3.8) is 0 Å². The molecule has 3 N–H and O–H groups in total. The van der Waals surface area contributed by atoms with Crippen LogP contribution in [0.15, 0.2) is 41.1 Å². The van der Waals surface area contributed by atoms with Gasteiger partial charge in [0.2, 0.25) is 0 Å². The Morgan fingerprint density at radius 1 is 1.06 bits per heavy atom. The molecule has 14 heteroatoms. The van der Waals surface area contributed by atoms with Gasteiger partial charge in [-0.3, -0.25) is 9.59 Å². The van der Waals surface area contributed by atoms with E-state index in [0.29, 0.717) is 25.0 Å². The van der Waals surface area contributed by atoms with E-state index in [2.05, 4.69) is 25.8 Å². The van der Waals surface area contributed by atoms with Crippen LogP contribution in [0.1, 0.15) is 55.0 Å². The predicted molar refractivity (Wildman–Crippen MR) is 115 cm³/mol. The van der Waals surface area contributed by atoms with Crippen molar-refractivity contribution in [2.24, 2.45) is 10.2 Å². The van der Waals surface area contributed by atoms with Crippen LogP contribution in [-0.2, 0) is 4.79 Å². The smallest absolute Gasteiger partial charge is 0.380 e. The standard InChI is InChI=1S/C22H23F5N6O3/c23-14-9-13(19(34)29-12-3-5-21(36,6-4-12)22(25,26)27)17(10-15(14)24)30-20(35)16-1-2-18(32-31-16)33-8-7-28-11-33/h7-12,16,18,36H,1-6H2,(H,29,34)(H,30,35). The van der Waals surface area contributed by atoms with E-state index in [9.17, 15) is 36.6 Å². The summed E-state index contributed by atoms with van der Waals surface area (Å²) >= 11 is 0. The Morgan fingerprint density at radius 2 is 1.75 bits per heavy atom. The molecule has 0 bridgehead atoms. The monoisotopic (exact) mass is 514 g/mol. The SMILES string of the molecule is O=C(NC1CCC(O)(C(F)(F)F)CC1)c1cc(F)c(F)cc1NC(=O)C1CCC(n2ccnc2)N=N1. The second-order valence-electron chi connectivity index (χ2n) is 8.89. The Labute approximate surface area is 201 Å². The first-order valence-electron chi connectivity index (χ1n) is 11.2. The van der Waals surface area contributed by atoms with Crippen molar-refractivity contribution in [1.29, 1.82) is 0 Å². The third-order valence-electron chi connectivity index (χ3n) is 6.45. The molecule has 0 spiro atoms. The van der Waals surface area contributed by atoms with Crippen molar-refractivity contribution in [3.05, 3.63) is 48.1 Å². The molecule has 1 saturated carbocycles. The molecule has 1 aromatic carbocycles. The van der Waals surface area contributed by atoms with Gasteiger partial charge in [-0.15, -0.1) is 0 Å². The van der Waals surface area contributed by atoms with Crippen LogP contribution in [0.25, 0.3) is 0 Å². The third-order valence-corrected chi connectivity index (χ3v) is 6.45. The van der Waals surface area contributed by atoms with E-state index in [-0.39, 0.29) is 24.7 Å². The number of azo groups is 1. The highest BCUT2D eigenvalue weighted by Crippen LogP contribution is 2.41. The quantitative estimate of drug-likeness (QED) is 0.525. The van der Waals surface area contributed by atoms with Gasteiger partial charge in [-0.2, -0.15) is 23.4 Å². The lowest BCUT2D eigenvalue weighted by Crippen LogP contribution is -2.51. The number of imidazole rings is 1. The van der Waals surface area contributed by atoms with Gasteiger partial charge in [0.25, 0.3) is 11.8 Å². The Balaban J connectivity index is 1.43. The van der Waals surface area contributed by atoms with Crippen LogP contribution in [-0.4, -0.2) is 50.3 Å². The molecule has 1 aromatic heterocycles. The zero-order valence-electron chi connectivity index (χ0n) is 18.8. The van der Waals surface area contributed by atoms with E-state index in [1.165, 1.54) is 0 Å². The van der Waals surface area contributed by atoms with E-state index in [1.54, 1.807) is 23.3 Å². The minimum atomic E-state index is -4.80. The number of nitrogens with zero attached hydrogens (tertiary/aromatic N) is 4. The summed E-state index contributed by atoms with van der Waals surface area (Å²) in [6, 6.07) is -0.400. The number of carbonyl (C=O) groups is 2. The van der Waals surface area contributed by atoms with Crippen molar-refractivity contribution in [2.45, 2.75) is 68.6 Å². The van der Waals surface area contributed by atoms with Crippen molar-refractivity contribution < 1.29 is 36.6 Å². The molecule has 2 aromatic rings. The third kappa shape index (κ3) is 5.37. The zero-order valence-corrected chi connectivity index (χ0v) is 18.8. The lowest BCUT2D eigenvalue weighted by Gasteiger charge is -2.37. The number of hydrogen-bond donors (Lipinski definition) is 3. The highest BCUT2D eigenvalue weighted by Gasteiger charge is 2.54. The summed E-state index contributed by atoms with van der Waals surface area (Å²) in [5.41, 5.74) is -3.55. The number of anilines is 1. The number of aliphatic hydroxyl groups is 1. The number of rotatable bonds is 5. The molecule has 2 atom stereocenters. The first-order valence-corrected chi connectivity index (χ1v) is 11.2. The van der Waals surface area contributed by atoms with Crippen LogP contribution in [0.2, 0.25) is 0 Å². The summed E-state index contributed by atoms with van der Waals surface area (Å²) in [5, 5.41) is 22.7. The molecule has 0 radical (unpaired) electrons. The summed E-state index contributed by atoms with van der Waals surface area (Å²) in [6.07, 6.45) is -1.09. The molecule has 1 aliphatic carbocycles.